The molecule has 17 heteroatoms. The van der Waals surface area contributed by atoms with Gasteiger partial charge in [0.1, 0.15) is 78.8 Å². The topological polar surface area (TPSA) is 242 Å². The molecule has 51 heavy (non-hydrogen) atoms. The summed E-state index contributed by atoms with van der Waals surface area (Å²) < 4.78 is 51.1. The minimum atomic E-state index is -1.85. The third-order valence-corrected chi connectivity index (χ3v) is 9.85. The third-order valence-electron chi connectivity index (χ3n) is 9.85. The highest BCUT2D eigenvalue weighted by Crippen LogP contribution is 2.50. The van der Waals surface area contributed by atoms with E-state index in [1.807, 2.05) is 0 Å². The highest BCUT2D eigenvalue weighted by molar-refractivity contribution is 6.06. The van der Waals surface area contributed by atoms with Crippen LogP contribution >= 0.6 is 0 Å². The maximum atomic E-state index is 13.9. The number of rotatable bonds is 9. The van der Waals surface area contributed by atoms with E-state index in [2.05, 4.69) is 6.58 Å². The smallest absolute Gasteiger partial charge is 0.189 e. The van der Waals surface area contributed by atoms with Crippen LogP contribution in [0.2, 0.25) is 0 Å². The number of hydrogen-bond acceptors (Lipinski definition) is 17. The molecule has 5 heterocycles. The van der Waals surface area contributed by atoms with Crippen molar-refractivity contribution in [3.05, 3.63) is 53.1 Å². The predicted octanol–water partition coefficient (Wildman–Crippen LogP) is -1.72. The Morgan fingerprint density at radius 1 is 0.824 bits per heavy atom. The zero-order chi connectivity index (χ0) is 36.3. The molecule has 0 aliphatic carbocycles. The molecule has 0 amide bonds. The Kier molecular flexibility index (Phi) is 9.89. The average Bonchev–Trinajstić information content (AvgIpc) is 3.58. The monoisotopic (exact) mass is 720 g/mol. The Morgan fingerprint density at radius 3 is 2.24 bits per heavy atom. The van der Waals surface area contributed by atoms with Gasteiger partial charge >= 0.3 is 0 Å². The van der Waals surface area contributed by atoms with E-state index in [0.717, 1.165) is 0 Å². The molecule has 0 bridgehead atoms. The van der Waals surface area contributed by atoms with E-state index in [-0.39, 0.29) is 25.4 Å². The predicted molar refractivity (Wildman–Crippen MR) is 168 cm³/mol. The fourth-order valence-electron chi connectivity index (χ4n) is 6.93. The van der Waals surface area contributed by atoms with Crippen LogP contribution in [0.1, 0.15) is 27.4 Å². The number of Topliss-reactive ketones (excluding diaryl/α,β-unsaturated/α-hetero) is 1. The second kappa shape index (κ2) is 14.1. The van der Waals surface area contributed by atoms with Crippen LogP contribution in [0.25, 0.3) is 0 Å². The summed E-state index contributed by atoms with van der Waals surface area (Å²) in [6, 6.07) is 6.78. The number of aliphatic hydroxyl groups excluding tert-OH is 7. The van der Waals surface area contributed by atoms with Crippen molar-refractivity contribution in [2.45, 2.75) is 86.1 Å². The van der Waals surface area contributed by atoms with E-state index >= 15 is 0 Å². The van der Waals surface area contributed by atoms with Crippen molar-refractivity contribution in [1.82, 2.24) is 0 Å². The van der Waals surface area contributed by atoms with Crippen molar-refractivity contribution in [1.29, 1.82) is 0 Å². The molecule has 0 unspecified atom stereocenters. The fraction of sp³-hybridized carbons (Fsp3) is 0.559. The summed E-state index contributed by atoms with van der Waals surface area (Å²) in [5.41, 5.74) is 2.13. The second-order valence-electron chi connectivity index (χ2n) is 13.0. The normalized spacial score (nSPS) is 36.7. The van der Waals surface area contributed by atoms with E-state index in [1.165, 1.54) is 14.2 Å². The molecular formula is C34H40O17. The van der Waals surface area contributed by atoms with E-state index in [1.54, 1.807) is 24.3 Å². The van der Waals surface area contributed by atoms with E-state index in [4.69, 9.17) is 42.6 Å². The lowest BCUT2D eigenvalue weighted by Gasteiger charge is -2.42. The van der Waals surface area contributed by atoms with Gasteiger partial charge in [0.2, 0.25) is 0 Å². The summed E-state index contributed by atoms with van der Waals surface area (Å²) in [4.78, 5) is 13.9. The van der Waals surface area contributed by atoms with Crippen LogP contribution in [0, 0.1) is 0 Å². The number of carbonyl (C=O) groups is 1. The summed E-state index contributed by atoms with van der Waals surface area (Å²) in [7, 11) is 3.03. The van der Waals surface area contributed by atoms with Gasteiger partial charge in [-0.25, -0.2) is 0 Å². The maximum Gasteiger partial charge on any atom is 0.189 e. The summed E-state index contributed by atoms with van der Waals surface area (Å²) in [5.74, 6) is 1.58. The van der Waals surface area contributed by atoms with Crippen molar-refractivity contribution >= 4 is 5.78 Å². The Morgan fingerprint density at radius 2 is 1.51 bits per heavy atom. The van der Waals surface area contributed by atoms with Gasteiger partial charge < -0.3 is 78.4 Å². The summed E-state index contributed by atoms with van der Waals surface area (Å²) in [5, 5.41) is 71.0. The van der Waals surface area contributed by atoms with Crippen molar-refractivity contribution in [2.75, 3.05) is 34.0 Å². The first-order chi connectivity index (χ1) is 24.4. The molecule has 2 aromatic rings. The SMILES string of the molecule is C=C(CO[C@H]1O[C@@H](CO[C@@H]2O[C@H](O)[C@@H](O)[C@H](O)[C@@H]2O)[C@H](O)[C@@H](O)[C@@H]1O)[C@@H]1Cc2c(ccc3c2O[C@@H]2COc4cc(OC)c(OC)cc4[C@@H]2C3=O)O1. The molecule has 13 atom stereocenters. The number of carbonyl (C=O) groups excluding carboxylic acids is 1. The van der Waals surface area contributed by atoms with Gasteiger partial charge in [-0.1, -0.05) is 6.58 Å². The molecule has 7 N–H and O–H groups in total. The van der Waals surface area contributed by atoms with Crippen molar-refractivity contribution in [3.8, 4) is 28.7 Å². The van der Waals surface area contributed by atoms with Gasteiger partial charge in [-0.05, 0) is 23.8 Å². The van der Waals surface area contributed by atoms with Crippen molar-refractivity contribution in [3.63, 3.8) is 0 Å². The highest BCUT2D eigenvalue weighted by Gasteiger charge is 2.49. The van der Waals surface area contributed by atoms with E-state index in [0.29, 0.717) is 51.0 Å². The molecule has 2 aromatic carbocycles. The lowest BCUT2D eigenvalue weighted by Crippen LogP contribution is -2.61. The number of ether oxygens (including phenoxy) is 9. The Bertz CT molecular complexity index is 1650. The maximum absolute atomic E-state index is 13.9. The van der Waals surface area contributed by atoms with Crippen LogP contribution < -0.4 is 23.7 Å². The summed E-state index contributed by atoms with van der Waals surface area (Å²) in [6.45, 7) is 3.46. The molecule has 0 aromatic heterocycles. The summed E-state index contributed by atoms with van der Waals surface area (Å²) in [6.07, 6.45) is -17.5. The molecular weight excluding hydrogens is 680 g/mol. The molecule has 278 valence electrons. The van der Waals surface area contributed by atoms with Gasteiger partial charge in [-0.15, -0.1) is 0 Å². The second-order valence-corrected chi connectivity index (χ2v) is 13.0. The minimum absolute atomic E-state index is 0.129. The zero-order valence-electron chi connectivity index (χ0n) is 27.6. The van der Waals surface area contributed by atoms with Gasteiger partial charge in [0.05, 0.1) is 38.9 Å². The molecule has 0 saturated carbocycles. The quantitative estimate of drug-likeness (QED) is 0.143. The molecule has 2 fully saturated rings. The zero-order valence-corrected chi connectivity index (χ0v) is 27.6. The molecule has 7 rings (SSSR count). The lowest BCUT2D eigenvalue weighted by atomic mass is 9.81. The van der Waals surface area contributed by atoms with Crippen LogP contribution in [-0.2, 0) is 25.4 Å². The Labute approximate surface area is 291 Å². The van der Waals surface area contributed by atoms with E-state index < -0.39 is 86.3 Å². The molecule has 0 radical (unpaired) electrons. The van der Waals surface area contributed by atoms with Crippen LogP contribution in [-0.4, -0.2) is 149 Å². The van der Waals surface area contributed by atoms with Crippen molar-refractivity contribution in [2.24, 2.45) is 0 Å². The van der Waals surface area contributed by atoms with Crippen LogP contribution in [0.3, 0.4) is 0 Å². The number of aliphatic hydroxyl groups is 7. The Balaban J connectivity index is 0.992. The molecule has 5 aliphatic rings. The van der Waals surface area contributed by atoms with Gasteiger partial charge in [0, 0.05) is 23.6 Å². The number of fused-ring (bicyclic) bond motifs is 6. The van der Waals surface area contributed by atoms with Gasteiger partial charge in [0.25, 0.3) is 0 Å². The number of methoxy groups -OCH3 is 2. The Hall–Kier alpha value is -3.59. The number of ketones is 1. The van der Waals surface area contributed by atoms with Crippen molar-refractivity contribution < 1.29 is 83.2 Å². The molecule has 0 spiro atoms. The first kappa shape index (κ1) is 35.8. The molecule has 2 saturated heterocycles. The van der Waals surface area contributed by atoms with Gasteiger partial charge in [-0.3, -0.25) is 4.79 Å². The fourth-order valence-corrected chi connectivity index (χ4v) is 6.93. The van der Waals surface area contributed by atoms with Crippen LogP contribution in [0.5, 0.6) is 28.7 Å². The van der Waals surface area contributed by atoms with Crippen LogP contribution in [0.4, 0.5) is 0 Å². The molecule has 17 nitrogen and oxygen atoms in total. The first-order valence-electron chi connectivity index (χ1n) is 16.3. The molecule has 5 aliphatic heterocycles. The lowest BCUT2D eigenvalue weighted by molar-refractivity contribution is -0.353. The summed E-state index contributed by atoms with van der Waals surface area (Å²) >= 11 is 0. The van der Waals surface area contributed by atoms with E-state index in [9.17, 15) is 40.5 Å². The van der Waals surface area contributed by atoms with Gasteiger partial charge in [-0.2, -0.15) is 0 Å². The minimum Gasteiger partial charge on any atom is -0.493 e. The average molecular weight is 721 g/mol. The first-order valence-corrected chi connectivity index (χ1v) is 16.3. The highest BCUT2D eigenvalue weighted by atomic mass is 16.8. The number of benzene rings is 2. The standard InChI is InChI=1S/C34H40O17/c1-12(9-46-33-29(40)26(37)25(36)22(50-33)11-47-34-30(41)27(38)28(39)32(42)51-34)17-7-15-16(48-17)5-4-13-24(35)23-14-6-19(43-2)20(44-3)8-18(14)45-10-21(23)49-31(13)15/h4-6,8,17,21-23,25-30,32-34,36-42H,1,7,9-11H2,2-3H3/t17-,21+,22-,23-,25-,26+,27-,28-,29-,30-,32-,33-,34+/m0/s1. The van der Waals surface area contributed by atoms with Crippen LogP contribution in [0.15, 0.2) is 36.4 Å². The number of hydrogen-bond donors (Lipinski definition) is 7. The largest absolute Gasteiger partial charge is 0.493 e. The third kappa shape index (κ3) is 6.31. The van der Waals surface area contributed by atoms with Gasteiger partial charge in [0.15, 0.2) is 36.2 Å².